The highest BCUT2D eigenvalue weighted by Gasteiger charge is 2.33. The molecule has 1 fully saturated rings. The minimum atomic E-state index is -0.908. The molecule has 9 heteroatoms. The summed E-state index contributed by atoms with van der Waals surface area (Å²) in [6, 6.07) is 5.03. The van der Waals surface area contributed by atoms with Gasteiger partial charge in [0, 0.05) is 24.3 Å². The third-order valence-corrected chi connectivity index (χ3v) is 5.96. The standard InChI is InChI=1S/C22H32FN5O3/c1-14(2)9-19(22(29)30)18(21-25-27-28-26-21)10-16-3-4-17(20(23)11-16)13-31-12-15-5-7-24-8-6-15/h3-4,11,14-15,18-19,24H,5-10,12-13H2,1-2H3,(H,29,30)(H,25,26,27,28)/p+1/t18-,19-/m0/s1. The largest absolute Gasteiger partial charge is 0.481 e. The van der Waals surface area contributed by atoms with Gasteiger partial charge in [0.25, 0.3) is 0 Å². The van der Waals surface area contributed by atoms with E-state index >= 15 is 0 Å². The van der Waals surface area contributed by atoms with Crippen molar-refractivity contribution in [2.45, 2.75) is 52.1 Å². The second kappa shape index (κ2) is 11.3. The van der Waals surface area contributed by atoms with Crippen molar-refractivity contribution >= 4 is 5.97 Å². The molecule has 0 amide bonds. The Labute approximate surface area is 182 Å². The zero-order valence-corrected chi connectivity index (χ0v) is 18.3. The lowest BCUT2D eigenvalue weighted by atomic mass is 9.81. The van der Waals surface area contributed by atoms with E-state index in [0.717, 1.165) is 25.9 Å². The van der Waals surface area contributed by atoms with Crippen LogP contribution in [0.4, 0.5) is 4.39 Å². The zero-order chi connectivity index (χ0) is 22.2. The number of carbonyl (C=O) groups is 1. The number of aliphatic carboxylic acids is 1. The molecule has 2 heterocycles. The topological polar surface area (TPSA) is 118 Å². The molecule has 4 N–H and O–H groups in total. The number of hydrogen-bond acceptors (Lipinski definition) is 5. The number of carboxylic acids is 1. The summed E-state index contributed by atoms with van der Waals surface area (Å²) in [5.41, 5.74) is 1.22. The van der Waals surface area contributed by atoms with Crippen LogP contribution in [0, 0.1) is 23.6 Å². The van der Waals surface area contributed by atoms with Gasteiger partial charge in [0.15, 0.2) is 5.82 Å². The molecule has 1 aliphatic heterocycles. The molecular weight excluding hydrogens is 401 g/mol. The number of benzene rings is 1. The third kappa shape index (κ3) is 6.80. The number of tetrazole rings is 1. The second-order valence-corrected chi connectivity index (χ2v) is 8.91. The molecule has 0 radical (unpaired) electrons. The van der Waals surface area contributed by atoms with Crippen LogP contribution in [0.2, 0.25) is 0 Å². The van der Waals surface area contributed by atoms with E-state index in [9.17, 15) is 14.3 Å². The van der Waals surface area contributed by atoms with Crippen molar-refractivity contribution in [1.29, 1.82) is 0 Å². The monoisotopic (exact) mass is 434 g/mol. The molecule has 0 aliphatic carbocycles. The average Bonchev–Trinajstić information content (AvgIpc) is 3.27. The highest BCUT2D eigenvalue weighted by atomic mass is 19.1. The lowest BCUT2D eigenvalue weighted by Gasteiger charge is -2.23. The SMILES string of the molecule is CC(C)C[C@H](C(=O)O)[C@H](Cc1ccc(COCC2CC[NH2+]CC2)c(F)c1)c1nn[nH]n1. The number of aromatic amines is 1. The van der Waals surface area contributed by atoms with Crippen LogP contribution in [0.5, 0.6) is 0 Å². The summed E-state index contributed by atoms with van der Waals surface area (Å²) in [5.74, 6) is -1.34. The number of H-pyrrole nitrogens is 1. The van der Waals surface area contributed by atoms with Gasteiger partial charge in [-0.15, -0.1) is 10.2 Å². The molecule has 1 saturated heterocycles. The van der Waals surface area contributed by atoms with Gasteiger partial charge in [-0.2, -0.15) is 5.21 Å². The molecule has 170 valence electrons. The summed E-state index contributed by atoms with van der Waals surface area (Å²) < 4.78 is 20.5. The van der Waals surface area contributed by atoms with E-state index in [1.807, 2.05) is 19.9 Å². The number of carboxylic acid groups (broad SMARTS) is 1. The van der Waals surface area contributed by atoms with Crippen LogP contribution in [-0.2, 0) is 22.6 Å². The van der Waals surface area contributed by atoms with Crippen molar-refractivity contribution in [3.05, 3.63) is 41.0 Å². The number of halogens is 1. The van der Waals surface area contributed by atoms with Crippen LogP contribution in [0.15, 0.2) is 18.2 Å². The van der Waals surface area contributed by atoms with Crippen molar-refractivity contribution in [2.75, 3.05) is 19.7 Å². The van der Waals surface area contributed by atoms with Crippen LogP contribution in [0.1, 0.15) is 56.0 Å². The molecule has 3 rings (SSSR count). The maximum atomic E-state index is 14.7. The lowest BCUT2D eigenvalue weighted by Crippen LogP contribution is -2.86. The molecule has 1 aliphatic rings. The van der Waals surface area contributed by atoms with E-state index in [1.165, 1.54) is 6.07 Å². The molecular formula is C22H33FN5O3+. The molecule has 31 heavy (non-hydrogen) atoms. The molecule has 0 saturated carbocycles. The maximum Gasteiger partial charge on any atom is 0.307 e. The normalized spacial score (nSPS) is 17.0. The summed E-state index contributed by atoms with van der Waals surface area (Å²) in [5, 5.41) is 26.1. The number of quaternary nitrogens is 1. The Kier molecular flexibility index (Phi) is 8.48. The number of piperidine rings is 1. The third-order valence-electron chi connectivity index (χ3n) is 5.96. The van der Waals surface area contributed by atoms with Gasteiger partial charge >= 0.3 is 5.97 Å². The smallest absolute Gasteiger partial charge is 0.307 e. The van der Waals surface area contributed by atoms with E-state index in [0.29, 0.717) is 42.3 Å². The van der Waals surface area contributed by atoms with Crippen molar-refractivity contribution in [1.82, 2.24) is 20.6 Å². The van der Waals surface area contributed by atoms with E-state index in [1.54, 1.807) is 6.07 Å². The molecule has 8 nitrogen and oxygen atoms in total. The fraction of sp³-hybridized carbons (Fsp3) is 0.636. The van der Waals surface area contributed by atoms with Crippen molar-refractivity contribution < 1.29 is 24.3 Å². The average molecular weight is 435 g/mol. The fourth-order valence-corrected chi connectivity index (χ4v) is 4.27. The van der Waals surface area contributed by atoms with Gasteiger partial charge in [-0.05, 0) is 36.3 Å². The molecule has 1 aromatic carbocycles. The number of nitrogens with one attached hydrogen (secondary N) is 1. The Morgan fingerprint density at radius 2 is 2.13 bits per heavy atom. The number of nitrogens with two attached hydrogens (primary N) is 1. The summed E-state index contributed by atoms with van der Waals surface area (Å²) in [7, 11) is 0. The highest BCUT2D eigenvalue weighted by molar-refractivity contribution is 5.71. The predicted octanol–water partition coefficient (Wildman–Crippen LogP) is 1.90. The molecule has 0 bridgehead atoms. The van der Waals surface area contributed by atoms with Crippen molar-refractivity contribution in [3.8, 4) is 0 Å². The maximum absolute atomic E-state index is 14.7. The van der Waals surface area contributed by atoms with Crippen LogP contribution in [-0.4, -0.2) is 51.4 Å². The van der Waals surface area contributed by atoms with Crippen LogP contribution < -0.4 is 5.32 Å². The minimum absolute atomic E-state index is 0.189. The zero-order valence-electron chi connectivity index (χ0n) is 18.3. The Morgan fingerprint density at radius 1 is 1.35 bits per heavy atom. The van der Waals surface area contributed by atoms with Gasteiger partial charge in [-0.1, -0.05) is 31.2 Å². The Hall–Kier alpha value is -2.39. The van der Waals surface area contributed by atoms with Crippen LogP contribution >= 0.6 is 0 Å². The first-order chi connectivity index (χ1) is 14.9. The van der Waals surface area contributed by atoms with E-state index in [4.69, 9.17) is 4.74 Å². The number of ether oxygens (including phenoxy) is 1. The van der Waals surface area contributed by atoms with Gasteiger partial charge in [-0.25, -0.2) is 4.39 Å². The van der Waals surface area contributed by atoms with E-state index in [-0.39, 0.29) is 18.3 Å². The van der Waals surface area contributed by atoms with Gasteiger partial charge < -0.3 is 15.2 Å². The van der Waals surface area contributed by atoms with Gasteiger partial charge in [0.2, 0.25) is 0 Å². The summed E-state index contributed by atoms with van der Waals surface area (Å²) in [6.07, 6.45) is 3.07. The molecule has 1 aromatic heterocycles. The highest BCUT2D eigenvalue weighted by Crippen LogP contribution is 2.31. The van der Waals surface area contributed by atoms with Crippen molar-refractivity contribution in [3.63, 3.8) is 0 Å². The van der Waals surface area contributed by atoms with Gasteiger partial charge in [-0.3, -0.25) is 4.79 Å². The number of hydrogen-bond donors (Lipinski definition) is 3. The van der Waals surface area contributed by atoms with Gasteiger partial charge in [0.1, 0.15) is 5.82 Å². The number of aromatic nitrogens is 4. The number of nitrogens with zero attached hydrogens (tertiary/aromatic N) is 3. The minimum Gasteiger partial charge on any atom is -0.481 e. The van der Waals surface area contributed by atoms with Crippen LogP contribution in [0.3, 0.4) is 0 Å². The lowest BCUT2D eigenvalue weighted by molar-refractivity contribution is -0.665. The molecule has 0 spiro atoms. The number of rotatable bonds is 11. The second-order valence-electron chi connectivity index (χ2n) is 8.91. The Bertz CT molecular complexity index is 825. The van der Waals surface area contributed by atoms with Gasteiger partial charge in [0.05, 0.1) is 32.2 Å². The first kappa shape index (κ1) is 23.3. The van der Waals surface area contributed by atoms with E-state index < -0.39 is 17.8 Å². The Balaban J connectivity index is 1.67. The van der Waals surface area contributed by atoms with E-state index in [2.05, 4.69) is 25.9 Å². The molecule has 2 atom stereocenters. The fourth-order valence-electron chi connectivity index (χ4n) is 4.27. The molecule has 0 unspecified atom stereocenters. The quantitative estimate of drug-likeness (QED) is 0.497. The first-order valence-electron chi connectivity index (χ1n) is 11.1. The Morgan fingerprint density at radius 3 is 2.74 bits per heavy atom. The predicted molar refractivity (Wildman–Crippen MR) is 112 cm³/mol. The summed E-state index contributed by atoms with van der Waals surface area (Å²) in [4.78, 5) is 12.0. The van der Waals surface area contributed by atoms with Crippen molar-refractivity contribution in [2.24, 2.45) is 17.8 Å². The summed E-state index contributed by atoms with van der Waals surface area (Å²) in [6.45, 7) is 7.11. The molecule has 2 aromatic rings. The summed E-state index contributed by atoms with van der Waals surface area (Å²) >= 11 is 0. The van der Waals surface area contributed by atoms with Crippen LogP contribution in [0.25, 0.3) is 0 Å². The first-order valence-corrected chi connectivity index (χ1v) is 11.1.